The summed E-state index contributed by atoms with van der Waals surface area (Å²) in [7, 11) is 1.45. The Labute approximate surface area is 110 Å². The third kappa shape index (κ3) is 2.92. The molecule has 0 aromatic heterocycles. The number of hydrogen-bond donors (Lipinski definition) is 0. The second-order valence-corrected chi connectivity index (χ2v) is 5.36. The summed E-state index contributed by atoms with van der Waals surface area (Å²) in [5, 5.41) is 0. The van der Waals surface area contributed by atoms with Crippen molar-refractivity contribution >= 4 is 5.97 Å². The van der Waals surface area contributed by atoms with Crippen molar-refractivity contribution in [2.45, 2.75) is 40.0 Å². The van der Waals surface area contributed by atoms with Gasteiger partial charge < -0.3 is 4.74 Å². The highest BCUT2D eigenvalue weighted by molar-refractivity contribution is 5.90. The molecule has 2 atom stereocenters. The van der Waals surface area contributed by atoms with Gasteiger partial charge >= 0.3 is 5.97 Å². The van der Waals surface area contributed by atoms with E-state index in [1.54, 1.807) is 0 Å². The molecule has 0 unspecified atom stereocenters. The predicted octanol–water partition coefficient (Wildman–Crippen LogP) is 4.04. The summed E-state index contributed by atoms with van der Waals surface area (Å²) in [4.78, 5) is 11.9. The number of carbonyl (C=O) groups is 1. The second-order valence-electron chi connectivity index (χ2n) is 5.36. The Morgan fingerprint density at radius 3 is 2.89 bits per heavy atom. The molecule has 0 saturated carbocycles. The quantitative estimate of drug-likeness (QED) is 0.554. The van der Waals surface area contributed by atoms with Crippen LogP contribution in [0.4, 0.5) is 0 Å². The summed E-state index contributed by atoms with van der Waals surface area (Å²) in [6, 6.07) is 0. The van der Waals surface area contributed by atoms with Gasteiger partial charge in [0.1, 0.15) is 0 Å². The summed E-state index contributed by atoms with van der Waals surface area (Å²) in [5.74, 6) is 0.291. The normalized spacial score (nSPS) is 28.6. The average Bonchev–Trinajstić information content (AvgIpc) is 2.38. The van der Waals surface area contributed by atoms with E-state index in [0.717, 1.165) is 30.4 Å². The summed E-state index contributed by atoms with van der Waals surface area (Å²) < 4.78 is 4.92. The number of hydrogen-bond acceptors (Lipinski definition) is 2. The van der Waals surface area contributed by atoms with E-state index in [0.29, 0.717) is 5.92 Å². The van der Waals surface area contributed by atoms with Gasteiger partial charge in [-0.15, -0.1) is 0 Å². The molecule has 0 amide bonds. The van der Waals surface area contributed by atoms with Crippen LogP contribution in [0.2, 0.25) is 0 Å². The molecular formula is C16H24O2. The van der Waals surface area contributed by atoms with Crippen LogP contribution in [-0.2, 0) is 9.53 Å². The summed E-state index contributed by atoms with van der Waals surface area (Å²) in [5.41, 5.74) is 1.85. The molecule has 0 saturated heterocycles. The first-order valence-corrected chi connectivity index (χ1v) is 6.54. The van der Waals surface area contributed by atoms with Crippen molar-refractivity contribution < 1.29 is 9.53 Å². The molecule has 0 heterocycles. The first kappa shape index (κ1) is 14.7. The maximum atomic E-state index is 11.9. The Balaban J connectivity index is 3.04. The van der Waals surface area contributed by atoms with Gasteiger partial charge in [0.15, 0.2) is 0 Å². The van der Waals surface area contributed by atoms with E-state index in [4.69, 9.17) is 4.74 Å². The molecular weight excluding hydrogens is 224 g/mol. The minimum atomic E-state index is -0.186. The molecule has 0 bridgehead atoms. The Hall–Kier alpha value is -1.31. The first-order chi connectivity index (χ1) is 8.45. The Morgan fingerprint density at radius 2 is 2.33 bits per heavy atom. The zero-order chi connectivity index (χ0) is 13.8. The monoisotopic (exact) mass is 248 g/mol. The van der Waals surface area contributed by atoms with E-state index in [9.17, 15) is 4.79 Å². The number of esters is 1. The molecule has 0 aromatic carbocycles. The molecule has 100 valence electrons. The minimum Gasteiger partial charge on any atom is -0.466 e. The topological polar surface area (TPSA) is 26.3 Å². The fraction of sp³-hybridized carbons (Fsp3) is 0.562. The second kappa shape index (κ2) is 6.03. The average molecular weight is 248 g/mol. The van der Waals surface area contributed by atoms with E-state index in [1.165, 1.54) is 7.11 Å². The van der Waals surface area contributed by atoms with Crippen LogP contribution in [0.25, 0.3) is 0 Å². The lowest BCUT2D eigenvalue weighted by Crippen LogP contribution is -2.34. The summed E-state index contributed by atoms with van der Waals surface area (Å²) in [6.45, 7) is 10.2. The van der Waals surface area contributed by atoms with Crippen molar-refractivity contribution in [3.63, 3.8) is 0 Å². The van der Waals surface area contributed by atoms with Gasteiger partial charge in [0.05, 0.1) is 7.11 Å². The molecule has 2 nitrogen and oxygen atoms in total. The molecule has 0 spiro atoms. The van der Waals surface area contributed by atoms with Gasteiger partial charge in [0.25, 0.3) is 0 Å². The number of ether oxygens (including phenoxy) is 1. The van der Waals surface area contributed by atoms with Gasteiger partial charge in [-0.05, 0) is 32.1 Å². The fourth-order valence-electron chi connectivity index (χ4n) is 2.49. The zero-order valence-electron chi connectivity index (χ0n) is 12.0. The lowest BCUT2D eigenvalue weighted by atomic mass is 9.65. The van der Waals surface area contributed by atoms with Crippen molar-refractivity contribution in [3.8, 4) is 0 Å². The largest absolute Gasteiger partial charge is 0.466 e. The summed E-state index contributed by atoms with van der Waals surface area (Å²) >= 11 is 0. The maximum Gasteiger partial charge on any atom is 0.333 e. The van der Waals surface area contributed by atoms with E-state index in [2.05, 4.69) is 26.5 Å². The van der Waals surface area contributed by atoms with Crippen LogP contribution in [0.15, 0.2) is 36.0 Å². The number of carbonyl (C=O) groups excluding carboxylic acids is 1. The fourth-order valence-corrected chi connectivity index (χ4v) is 2.49. The highest BCUT2D eigenvalue weighted by atomic mass is 16.5. The molecule has 1 rings (SSSR count). The Morgan fingerprint density at radius 1 is 1.67 bits per heavy atom. The van der Waals surface area contributed by atoms with E-state index in [1.807, 2.05) is 19.1 Å². The molecule has 0 fully saturated rings. The maximum absolute atomic E-state index is 11.9. The SMILES string of the molecule is C=C/C(C)=C\C[C@]1(C)C(C(=O)OC)=CCC[C@H]1C. The van der Waals surface area contributed by atoms with E-state index < -0.39 is 0 Å². The molecule has 0 aliphatic heterocycles. The van der Waals surface area contributed by atoms with Crippen molar-refractivity contribution in [2.75, 3.05) is 7.11 Å². The van der Waals surface area contributed by atoms with Crippen LogP contribution in [0.5, 0.6) is 0 Å². The molecule has 1 aliphatic rings. The van der Waals surface area contributed by atoms with Crippen LogP contribution in [0, 0.1) is 11.3 Å². The van der Waals surface area contributed by atoms with Gasteiger partial charge in [0.2, 0.25) is 0 Å². The van der Waals surface area contributed by atoms with Crippen LogP contribution in [0.3, 0.4) is 0 Å². The lowest BCUT2D eigenvalue weighted by Gasteiger charge is -2.39. The van der Waals surface area contributed by atoms with Crippen molar-refractivity contribution in [1.29, 1.82) is 0 Å². The van der Waals surface area contributed by atoms with Crippen LogP contribution >= 0.6 is 0 Å². The van der Waals surface area contributed by atoms with E-state index >= 15 is 0 Å². The van der Waals surface area contributed by atoms with Crippen LogP contribution < -0.4 is 0 Å². The minimum absolute atomic E-state index is 0.129. The van der Waals surface area contributed by atoms with Gasteiger partial charge in [0, 0.05) is 11.0 Å². The Bertz CT molecular complexity index is 390. The highest BCUT2D eigenvalue weighted by Crippen LogP contribution is 2.45. The first-order valence-electron chi connectivity index (χ1n) is 6.54. The summed E-state index contributed by atoms with van der Waals surface area (Å²) in [6.07, 6.45) is 8.99. The molecule has 18 heavy (non-hydrogen) atoms. The Kier molecular flexibility index (Phi) is 4.94. The van der Waals surface area contributed by atoms with Crippen LogP contribution in [-0.4, -0.2) is 13.1 Å². The molecule has 1 aliphatic carbocycles. The molecule has 0 N–H and O–H groups in total. The molecule has 2 heteroatoms. The standard InChI is InChI=1S/C16H24O2/c1-6-12(2)10-11-16(4)13(3)8-7-9-14(16)15(17)18-5/h6,9-10,13H,1,7-8,11H2,2-5H3/b12-10-/t13-,16+/m1/s1. The van der Waals surface area contributed by atoms with Crippen molar-refractivity contribution in [1.82, 2.24) is 0 Å². The van der Waals surface area contributed by atoms with Gasteiger partial charge in [-0.1, -0.05) is 44.2 Å². The number of methoxy groups -OCH3 is 1. The van der Waals surface area contributed by atoms with Gasteiger partial charge in [-0.3, -0.25) is 0 Å². The van der Waals surface area contributed by atoms with Gasteiger partial charge in [-0.25, -0.2) is 4.79 Å². The third-order valence-electron chi connectivity index (χ3n) is 4.23. The predicted molar refractivity (Wildman–Crippen MR) is 75.2 cm³/mol. The molecule has 0 radical (unpaired) electrons. The smallest absolute Gasteiger partial charge is 0.333 e. The van der Waals surface area contributed by atoms with Crippen LogP contribution in [0.1, 0.15) is 40.0 Å². The van der Waals surface area contributed by atoms with Crippen molar-refractivity contribution in [2.24, 2.45) is 11.3 Å². The van der Waals surface area contributed by atoms with Crippen molar-refractivity contribution in [3.05, 3.63) is 36.0 Å². The third-order valence-corrected chi connectivity index (χ3v) is 4.23. The van der Waals surface area contributed by atoms with Gasteiger partial charge in [-0.2, -0.15) is 0 Å². The molecule has 0 aromatic rings. The highest BCUT2D eigenvalue weighted by Gasteiger charge is 2.39. The van der Waals surface area contributed by atoms with E-state index in [-0.39, 0.29) is 11.4 Å². The lowest BCUT2D eigenvalue weighted by molar-refractivity contribution is -0.138. The number of rotatable bonds is 4. The number of allylic oxidation sites excluding steroid dienone is 4. The zero-order valence-corrected chi connectivity index (χ0v) is 12.0.